The van der Waals surface area contributed by atoms with E-state index in [2.05, 4.69) is 31.7 Å². The Morgan fingerprint density at radius 2 is 1.90 bits per heavy atom. The first kappa shape index (κ1) is 24.3. The van der Waals surface area contributed by atoms with Crippen molar-refractivity contribution in [3.8, 4) is 22.5 Å². The minimum absolute atomic E-state index is 0.137. The Hall–Kier alpha value is -5.06. The van der Waals surface area contributed by atoms with Crippen molar-refractivity contribution in [1.82, 2.24) is 33.9 Å². The molecular formula is C28H26FN9O. The van der Waals surface area contributed by atoms with Crippen molar-refractivity contribution in [2.24, 2.45) is 14.1 Å². The van der Waals surface area contributed by atoms with E-state index in [1.807, 2.05) is 30.4 Å². The molecule has 3 N–H and O–H groups in total. The number of nitrogens with one attached hydrogen (secondary N) is 1. The first-order chi connectivity index (χ1) is 18.7. The van der Waals surface area contributed by atoms with E-state index in [0.717, 1.165) is 22.2 Å². The summed E-state index contributed by atoms with van der Waals surface area (Å²) in [5, 5.41) is 12.2. The van der Waals surface area contributed by atoms with Crippen LogP contribution in [0.25, 0.3) is 39.1 Å². The number of rotatable bonds is 5. The molecular weight excluding hydrogens is 497 g/mol. The van der Waals surface area contributed by atoms with Gasteiger partial charge in [0.1, 0.15) is 35.0 Å². The molecule has 0 radical (unpaired) electrons. The van der Waals surface area contributed by atoms with E-state index in [0.29, 0.717) is 39.5 Å². The van der Waals surface area contributed by atoms with Gasteiger partial charge in [0, 0.05) is 37.1 Å². The molecule has 1 unspecified atom stereocenters. The average Bonchev–Trinajstić information content (AvgIpc) is 3.55. The predicted octanol–water partition coefficient (Wildman–Crippen LogP) is 4.25. The van der Waals surface area contributed by atoms with Gasteiger partial charge in [0.25, 0.3) is 5.56 Å². The van der Waals surface area contributed by atoms with Gasteiger partial charge in [-0.25, -0.2) is 14.4 Å². The Kier molecular flexibility index (Phi) is 5.63. The second-order valence-corrected chi connectivity index (χ2v) is 9.71. The highest BCUT2D eigenvalue weighted by molar-refractivity contribution is 5.89. The molecule has 4 aromatic heterocycles. The highest BCUT2D eigenvalue weighted by atomic mass is 19.1. The SMILES string of the molecule is Cc1cc(C(C)Nc2ccc(F)cc2-c2cn(C)nn2)c2c(c1)c(=O)n(C)c1c(-c3ccc(N)nc3)ncn21. The molecule has 2 aromatic carbocycles. The number of hydrogen-bond acceptors (Lipinski definition) is 7. The highest BCUT2D eigenvalue weighted by Gasteiger charge is 2.21. The molecule has 10 nitrogen and oxygen atoms in total. The Bertz CT molecular complexity index is 1940. The van der Waals surface area contributed by atoms with Crippen molar-refractivity contribution < 1.29 is 4.39 Å². The fourth-order valence-electron chi connectivity index (χ4n) is 5.06. The van der Waals surface area contributed by atoms with E-state index in [9.17, 15) is 9.18 Å². The zero-order valence-corrected chi connectivity index (χ0v) is 21.8. The number of pyridine rings is 1. The van der Waals surface area contributed by atoms with Crippen LogP contribution in [0.1, 0.15) is 24.1 Å². The van der Waals surface area contributed by atoms with Gasteiger partial charge < -0.3 is 11.1 Å². The van der Waals surface area contributed by atoms with Gasteiger partial charge in [-0.3, -0.25) is 18.4 Å². The summed E-state index contributed by atoms with van der Waals surface area (Å²) >= 11 is 0. The largest absolute Gasteiger partial charge is 0.384 e. The zero-order chi connectivity index (χ0) is 27.4. The molecule has 6 rings (SSSR count). The Balaban J connectivity index is 1.54. The van der Waals surface area contributed by atoms with Crippen molar-refractivity contribution in [3.05, 3.63) is 88.5 Å². The van der Waals surface area contributed by atoms with Crippen molar-refractivity contribution in [2.75, 3.05) is 11.1 Å². The summed E-state index contributed by atoms with van der Waals surface area (Å²) in [6.45, 7) is 3.96. The minimum atomic E-state index is -0.372. The molecule has 0 fully saturated rings. The first-order valence-electron chi connectivity index (χ1n) is 12.4. The number of nitrogen functional groups attached to an aromatic ring is 1. The maximum atomic E-state index is 14.2. The molecule has 0 aliphatic heterocycles. The number of aryl methyl sites for hydroxylation is 3. The van der Waals surface area contributed by atoms with Gasteiger partial charge in [-0.2, -0.15) is 0 Å². The van der Waals surface area contributed by atoms with Crippen LogP contribution in [-0.2, 0) is 14.1 Å². The van der Waals surface area contributed by atoms with Crippen LogP contribution in [0, 0.1) is 12.7 Å². The lowest BCUT2D eigenvalue weighted by molar-refractivity contribution is 0.628. The van der Waals surface area contributed by atoms with E-state index >= 15 is 0 Å². The van der Waals surface area contributed by atoms with Gasteiger partial charge in [0.2, 0.25) is 0 Å². The molecule has 39 heavy (non-hydrogen) atoms. The average molecular weight is 524 g/mol. The van der Waals surface area contributed by atoms with Crippen LogP contribution >= 0.6 is 0 Å². The maximum absolute atomic E-state index is 14.2. The van der Waals surface area contributed by atoms with E-state index in [1.54, 1.807) is 54.2 Å². The number of halogens is 1. The van der Waals surface area contributed by atoms with Crippen LogP contribution in [0.4, 0.5) is 15.9 Å². The normalized spacial score (nSPS) is 12.3. The maximum Gasteiger partial charge on any atom is 0.261 e. The van der Waals surface area contributed by atoms with Crippen LogP contribution in [-0.4, -0.2) is 33.9 Å². The van der Waals surface area contributed by atoms with E-state index in [4.69, 9.17) is 5.73 Å². The molecule has 0 aliphatic carbocycles. The van der Waals surface area contributed by atoms with Gasteiger partial charge in [-0.15, -0.1) is 5.10 Å². The predicted molar refractivity (Wildman–Crippen MR) is 149 cm³/mol. The molecule has 0 saturated heterocycles. The number of nitrogens with zero attached hydrogens (tertiary/aromatic N) is 7. The van der Waals surface area contributed by atoms with Crippen LogP contribution < -0.4 is 16.6 Å². The molecule has 0 amide bonds. The number of nitrogens with two attached hydrogens (primary N) is 1. The second kappa shape index (κ2) is 9.05. The standard InChI is InChI=1S/C28H26FN9O/c1-15-9-19(16(2)33-22-7-6-18(29)11-20(22)23-13-36(3)35-34-23)26-21(10-15)28(39)37(4)27-25(32-14-38(26)27)17-5-8-24(30)31-12-17/h5-14,16,33H,1-4H3,(H2,30,31). The molecule has 0 aliphatic rings. The van der Waals surface area contributed by atoms with Crippen LogP contribution in [0.3, 0.4) is 0 Å². The second-order valence-electron chi connectivity index (χ2n) is 9.71. The topological polar surface area (TPSA) is 121 Å². The molecule has 0 saturated carbocycles. The monoisotopic (exact) mass is 523 g/mol. The third-order valence-corrected chi connectivity index (χ3v) is 6.88. The summed E-state index contributed by atoms with van der Waals surface area (Å²) in [6, 6.07) is 11.7. The number of anilines is 2. The number of fused-ring (bicyclic) bond motifs is 3. The van der Waals surface area contributed by atoms with Gasteiger partial charge >= 0.3 is 0 Å². The number of imidazole rings is 1. The van der Waals surface area contributed by atoms with Gasteiger partial charge in [-0.1, -0.05) is 11.3 Å². The van der Waals surface area contributed by atoms with Crippen molar-refractivity contribution in [3.63, 3.8) is 0 Å². The van der Waals surface area contributed by atoms with Gasteiger partial charge in [0.15, 0.2) is 0 Å². The smallest absolute Gasteiger partial charge is 0.261 e. The Morgan fingerprint density at radius 1 is 1.08 bits per heavy atom. The van der Waals surface area contributed by atoms with Crippen molar-refractivity contribution >= 4 is 28.1 Å². The molecule has 6 aromatic rings. The van der Waals surface area contributed by atoms with Crippen LogP contribution in [0.2, 0.25) is 0 Å². The first-order valence-corrected chi connectivity index (χ1v) is 12.4. The Labute approximate surface area is 222 Å². The molecule has 11 heteroatoms. The third kappa shape index (κ3) is 4.08. The van der Waals surface area contributed by atoms with Crippen molar-refractivity contribution in [1.29, 1.82) is 0 Å². The molecule has 196 valence electrons. The summed E-state index contributed by atoms with van der Waals surface area (Å²) in [6.07, 6.45) is 5.10. The molecule has 0 bridgehead atoms. The summed E-state index contributed by atoms with van der Waals surface area (Å²) < 4.78 is 19.4. The minimum Gasteiger partial charge on any atom is -0.384 e. The van der Waals surface area contributed by atoms with E-state index in [-0.39, 0.29) is 17.4 Å². The van der Waals surface area contributed by atoms with Crippen LogP contribution in [0.15, 0.2) is 66.0 Å². The highest BCUT2D eigenvalue weighted by Crippen LogP contribution is 2.34. The summed E-state index contributed by atoms with van der Waals surface area (Å²) in [5.74, 6) is 0.0316. The summed E-state index contributed by atoms with van der Waals surface area (Å²) in [4.78, 5) is 22.5. The third-order valence-electron chi connectivity index (χ3n) is 6.88. The van der Waals surface area contributed by atoms with Gasteiger partial charge in [0.05, 0.1) is 23.1 Å². The molecule has 0 spiro atoms. The number of benzene rings is 2. The van der Waals surface area contributed by atoms with Gasteiger partial charge in [-0.05, 0) is 61.4 Å². The van der Waals surface area contributed by atoms with E-state index in [1.165, 1.54) is 12.1 Å². The van der Waals surface area contributed by atoms with Crippen molar-refractivity contribution in [2.45, 2.75) is 19.9 Å². The zero-order valence-electron chi connectivity index (χ0n) is 21.8. The number of aromatic nitrogens is 7. The van der Waals surface area contributed by atoms with Crippen LogP contribution in [0.5, 0.6) is 0 Å². The fraction of sp³-hybridized carbons (Fsp3) is 0.179. The van der Waals surface area contributed by atoms with E-state index < -0.39 is 0 Å². The Morgan fingerprint density at radius 3 is 2.62 bits per heavy atom. The lowest BCUT2D eigenvalue weighted by Gasteiger charge is -2.21. The molecule has 4 heterocycles. The summed E-state index contributed by atoms with van der Waals surface area (Å²) in [7, 11) is 3.50. The quantitative estimate of drug-likeness (QED) is 0.347. The lowest BCUT2D eigenvalue weighted by Crippen LogP contribution is -2.21. The number of hydrogen-bond donors (Lipinski definition) is 2. The molecule has 1 atom stereocenters. The lowest BCUT2D eigenvalue weighted by atomic mass is 10.00. The fourth-order valence-corrected chi connectivity index (χ4v) is 5.06. The summed E-state index contributed by atoms with van der Waals surface area (Å²) in [5.41, 5.74) is 12.1.